The van der Waals surface area contributed by atoms with Gasteiger partial charge in [-0.05, 0) is 47.7 Å². The number of hydrogen-bond acceptors (Lipinski definition) is 9. The lowest BCUT2D eigenvalue weighted by atomic mass is 10.2. The second-order valence-electron chi connectivity index (χ2n) is 6.97. The van der Waals surface area contributed by atoms with Gasteiger partial charge in [0.25, 0.3) is 16.8 Å². The first-order chi connectivity index (χ1) is 16.4. The summed E-state index contributed by atoms with van der Waals surface area (Å²) in [4.78, 5) is 45.5. The van der Waals surface area contributed by atoms with Crippen LogP contribution in [0.15, 0.2) is 59.6 Å². The Morgan fingerprint density at radius 3 is 2.56 bits per heavy atom. The molecular weight excluding hydrogens is 464 g/mol. The highest BCUT2D eigenvalue weighted by Crippen LogP contribution is 2.26. The Bertz CT molecular complexity index is 1290. The molecule has 1 saturated heterocycles. The molecule has 1 fully saturated rings. The molecule has 34 heavy (non-hydrogen) atoms. The quantitative estimate of drug-likeness (QED) is 0.281. The monoisotopic (exact) mass is 480 g/mol. The Balaban J connectivity index is 1.27. The zero-order valence-electron chi connectivity index (χ0n) is 17.3. The van der Waals surface area contributed by atoms with Crippen LogP contribution in [0.3, 0.4) is 0 Å². The van der Waals surface area contributed by atoms with E-state index in [9.17, 15) is 24.5 Å². The summed E-state index contributed by atoms with van der Waals surface area (Å²) in [6, 6.07) is 12.4. The van der Waals surface area contributed by atoms with Gasteiger partial charge in [-0.25, -0.2) is 4.68 Å². The predicted octanol–water partition coefficient (Wildman–Crippen LogP) is 2.73. The van der Waals surface area contributed by atoms with Crippen molar-refractivity contribution in [2.45, 2.75) is 13.2 Å². The standard InChI is InChI=1S/C21H16N6O6S/c28-19(22-14-3-5-16(6-4-14)27(31)32)11-26-10-15(24-25-26)12-33-17-7-1-13(2-8-17)9-18-20(29)23-21(30)34-18/h1-10H,11-12H2,(H,22,28)(H,23,29,30). The fraction of sp³-hybridized carbons (Fsp3) is 0.0952. The Morgan fingerprint density at radius 1 is 1.18 bits per heavy atom. The molecule has 1 aliphatic rings. The third-order valence-corrected chi connectivity index (χ3v) is 5.27. The zero-order valence-corrected chi connectivity index (χ0v) is 18.2. The number of ether oxygens (including phenoxy) is 1. The van der Waals surface area contributed by atoms with E-state index in [1.165, 1.54) is 28.9 Å². The van der Waals surface area contributed by atoms with Crippen LogP contribution in [0.4, 0.5) is 16.2 Å². The number of aromatic nitrogens is 3. The van der Waals surface area contributed by atoms with Crippen molar-refractivity contribution >= 4 is 46.3 Å². The van der Waals surface area contributed by atoms with E-state index in [-0.39, 0.29) is 24.7 Å². The molecule has 2 N–H and O–H groups in total. The molecule has 3 aromatic rings. The molecule has 0 radical (unpaired) electrons. The second-order valence-corrected chi connectivity index (χ2v) is 7.98. The predicted molar refractivity (Wildman–Crippen MR) is 122 cm³/mol. The van der Waals surface area contributed by atoms with E-state index in [4.69, 9.17) is 4.74 Å². The maximum Gasteiger partial charge on any atom is 0.290 e. The lowest BCUT2D eigenvalue weighted by Crippen LogP contribution is -2.19. The first-order valence-corrected chi connectivity index (χ1v) is 10.6. The molecule has 13 heteroatoms. The summed E-state index contributed by atoms with van der Waals surface area (Å²) in [7, 11) is 0. The number of non-ortho nitro benzene ring substituents is 1. The van der Waals surface area contributed by atoms with Crippen LogP contribution in [-0.2, 0) is 22.7 Å². The number of hydrogen-bond donors (Lipinski definition) is 2. The molecule has 12 nitrogen and oxygen atoms in total. The van der Waals surface area contributed by atoms with Crippen molar-refractivity contribution in [3.63, 3.8) is 0 Å². The van der Waals surface area contributed by atoms with Crippen molar-refractivity contribution in [3.05, 3.63) is 81.0 Å². The van der Waals surface area contributed by atoms with Crippen molar-refractivity contribution in [2.24, 2.45) is 0 Å². The van der Waals surface area contributed by atoms with Gasteiger partial charge in [-0.3, -0.25) is 29.8 Å². The minimum absolute atomic E-state index is 0.0673. The van der Waals surface area contributed by atoms with Crippen molar-refractivity contribution in [1.82, 2.24) is 20.3 Å². The highest BCUT2D eigenvalue weighted by atomic mass is 32.2. The first-order valence-electron chi connectivity index (χ1n) is 9.77. The van der Waals surface area contributed by atoms with Crippen LogP contribution in [0.1, 0.15) is 11.3 Å². The normalized spacial score (nSPS) is 14.2. The Hall–Kier alpha value is -4.52. The number of benzene rings is 2. The van der Waals surface area contributed by atoms with Crippen molar-refractivity contribution in [2.75, 3.05) is 5.32 Å². The minimum atomic E-state index is -0.519. The van der Waals surface area contributed by atoms with E-state index >= 15 is 0 Å². The van der Waals surface area contributed by atoms with Gasteiger partial charge in [0, 0.05) is 17.8 Å². The minimum Gasteiger partial charge on any atom is -0.487 e. The lowest BCUT2D eigenvalue weighted by molar-refractivity contribution is -0.384. The van der Waals surface area contributed by atoms with Crippen LogP contribution in [0, 0.1) is 10.1 Å². The van der Waals surface area contributed by atoms with Crippen LogP contribution >= 0.6 is 11.8 Å². The molecule has 0 saturated carbocycles. The van der Waals surface area contributed by atoms with Gasteiger partial charge in [-0.2, -0.15) is 0 Å². The summed E-state index contributed by atoms with van der Waals surface area (Å²) < 4.78 is 7.02. The van der Waals surface area contributed by atoms with Gasteiger partial charge < -0.3 is 10.1 Å². The Kier molecular flexibility index (Phi) is 6.64. The number of nitro groups is 1. The average molecular weight is 480 g/mol. The molecule has 0 atom stereocenters. The van der Waals surface area contributed by atoms with Crippen LogP contribution in [0.5, 0.6) is 5.75 Å². The number of nitro benzene ring substituents is 1. The number of rotatable bonds is 8. The fourth-order valence-electron chi connectivity index (χ4n) is 2.89. The Labute approximate surface area is 196 Å². The highest BCUT2D eigenvalue weighted by molar-refractivity contribution is 8.18. The second kappa shape index (κ2) is 9.95. The van der Waals surface area contributed by atoms with Gasteiger partial charge in [0.05, 0.1) is 16.0 Å². The maximum absolute atomic E-state index is 12.2. The summed E-state index contributed by atoms with van der Waals surface area (Å²) >= 11 is 0.848. The summed E-state index contributed by atoms with van der Waals surface area (Å²) in [6.07, 6.45) is 3.18. The maximum atomic E-state index is 12.2. The van der Waals surface area contributed by atoms with Gasteiger partial charge in [0.1, 0.15) is 24.6 Å². The molecule has 1 aromatic heterocycles. The molecule has 4 rings (SSSR count). The van der Waals surface area contributed by atoms with E-state index < -0.39 is 16.1 Å². The zero-order chi connectivity index (χ0) is 24.1. The average Bonchev–Trinajstić information content (AvgIpc) is 3.38. The van der Waals surface area contributed by atoms with E-state index in [2.05, 4.69) is 20.9 Å². The van der Waals surface area contributed by atoms with Crippen LogP contribution in [0.25, 0.3) is 6.08 Å². The number of carbonyl (C=O) groups is 3. The van der Waals surface area contributed by atoms with E-state index in [0.717, 1.165) is 17.3 Å². The molecule has 1 aliphatic heterocycles. The van der Waals surface area contributed by atoms with Gasteiger partial charge in [-0.1, -0.05) is 17.3 Å². The molecule has 3 amide bonds. The lowest BCUT2D eigenvalue weighted by Gasteiger charge is -2.05. The molecule has 2 aromatic carbocycles. The number of nitrogens with zero attached hydrogens (tertiary/aromatic N) is 4. The fourth-order valence-corrected chi connectivity index (χ4v) is 3.57. The van der Waals surface area contributed by atoms with E-state index in [0.29, 0.717) is 22.0 Å². The number of thioether (sulfide) groups is 1. The van der Waals surface area contributed by atoms with Gasteiger partial charge in [0.2, 0.25) is 5.91 Å². The smallest absolute Gasteiger partial charge is 0.290 e. The van der Waals surface area contributed by atoms with Crippen molar-refractivity contribution in [3.8, 4) is 5.75 Å². The van der Waals surface area contributed by atoms with Gasteiger partial charge in [-0.15, -0.1) is 5.10 Å². The van der Waals surface area contributed by atoms with Crippen LogP contribution < -0.4 is 15.4 Å². The van der Waals surface area contributed by atoms with Gasteiger partial charge in [0.15, 0.2) is 0 Å². The topological polar surface area (TPSA) is 158 Å². The van der Waals surface area contributed by atoms with E-state index in [1.54, 1.807) is 36.5 Å². The summed E-state index contributed by atoms with van der Waals surface area (Å²) in [5.74, 6) is -0.223. The van der Waals surface area contributed by atoms with Gasteiger partial charge >= 0.3 is 0 Å². The highest BCUT2D eigenvalue weighted by Gasteiger charge is 2.24. The Morgan fingerprint density at radius 2 is 1.91 bits per heavy atom. The molecule has 0 aliphatic carbocycles. The van der Waals surface area contributed by atoms with Crippen molar-refractivity contribution < 1.29 is 24.0 Å². The SMILES string of the molecule is O=C(Cn1cc(COc2ccc(C=C3SC(=O)NC3=O)cc2)nn1)Nc1ccc([N+](=O)[O-])cc1. The number of imide groups is 1. The van der Waals surface area contributed by atoms with Crippen LogP contribution in [-0.4, -0.2) is 37.0 Å². The molecule has 0 unspecified atom stereocenters. The molecule has 0 bridgehead atoms. The number of amides is 3. The number of carbonyl (C=O) groups excluding carboxylic acids is 3. The van der Waals surface area contributed by atoms with Crippen molar-refractivity contribution in [1.29, 1.82) is 0 Å². The molecule has 172 valence electrons. The third-order valence-electron chi connectivity index (χ3n) is 4.46. The molecule has 2 heterocycles. The summed E-state index contributed by atoms with van der Waals surface area (Å²) in [6.45, 7) is 0.0264. The third kappa shape index (κ3) is 5.83. The molecule has 0 spiro atoms. The number of anilines is 1. The summed E-state index contributed by atoms with van der Waals surface area (Å²) in [5.41, 5.74) is 1.61. The van der Waals surface area contributed by atoms with Crippen LogP contribution in [0.2, 0.25) is 0 Å². The molecular formula is C21H16N6O6S. The number of nitrogens with one attached hydrogen (secondary N) is 2. The summed E-state index contributed by atoms with van der Waals surface area (Å²) in [5, 5.41) is 23.0. The van der Waals surface area contributed by atoms with E-state index in [1.807, 2.05) is 0 Å². The largest absolute Gasteiger partial charge is 0.487 e. The first kappa shape index (κ1) is 22.7.